The Hall–Kier alpha value is -1.15. The van der Waals surface area contributed by atoms with Gasteiger partial charge in [0.1, 0.15) is 0 Å². The number of benzene rings is 1. The molecule has 1 aliphatic rings. The monoisotopic (exact) mass is 217 g/mol. The summed E-state index contributed by atoms with van der Waals surface area (Å²) in [6, 6.07) is 8.11. The molecule has 0 radical (unpaired) electrons. The van der Waals surface area contributed by atoms with Crippen molar-refractivity contribution in [3.63, 3.8) is 0 Å². The molecule has 1 heterocycles. The molecule has 1 atom stereocenters. The standard InChI is InChI=1S/C14H19NO/c1-11(16)12-5-3-6-13(9-12)14-7-4-8-15(2)10-14/h3,5-6,9,14H,4,7-8,10H2,1-2H3. The lowest BCUT2D eigenvalue weighted by Crippen LogP contribution is -2.30. The molecule has 86 valence electrons. The minimum Gasteiger partial charge on any atom is -0.306 e. The second-order valence-electron chi connectivity index (χ2n) is 4.78. The Morgan fingerprint density at radius 1 is 1.44 bits per heavy atom. The van der Waals surface area contributed by atoms with E-state index in [9.17, 15) is 4.79 Å². The van der Waals surface area contributed by atoms with Gasteiger partial charge in [-0.1, -0.05) is 18.2 Å². The molecule has 1 aromatic carbocycles. The predicted octanol–water partition coefficient (Wildman–Crippen LogP) is 2.70. The number of hydrogen-bond donors (Lipinski definition) is 0. The fraction of sp³-hybridized carbons (Fsp3) is 0.500. The summed E-state index contributed by atoms with van der Waals surface area (Å²) in [5.41, 5.74) is 2.16. The van der Waals surface area contributed by atoms with Crippen LogP contribution >= 0.6 is 0 Å². The van der Waals surface area contributed by atoms with Gasteiger partial charge >= 0.3 is 0 Å². The van der Waals surface area contributed by atoms with E-state index in [1.54, 1.807) is 6.92 Å². The van der Waals surface area contributed by atoms with Crippen LogP contribution in [0.4, 0.5) is 0 Å². The van der Waals surface area contributed by atoms with E-state index in [1.807, 2.05) is 12.1 Å². The maximum atomic E-state index is 11.3. The predicted molar refractivity (Wildman–Crippen MR) is 65.9 cm³/mol. The van der Waals surface area contributed by atoms with Gasteiger partial charge in [-0.2, -0.15) is 0 Å². The van der Waals surface area contributed by atoms with Gasteiger partial charge in [0.15, 0.2) is 5.78 Å². The van der Waals surface area contributed by atoms with Crippen molar-refractivity contribution in [2.24, 2.45) is 0 Å². The molecule has 2 nitrogen and oxygen atoms in total. The summed E-state index contributed by atoms with van der Waals surface area (Å²) in [4.78, 5) is 13.7. The highest BCUT2D eigenvalue weighted by Gasteiger charge is 2.19. The summed E-state index contributed by atoms with van der Waals surface area (Å²) in [5, 5.41) is 0. The molecule has 0 spiro atoms. The summed E-state index contributed by atoms with van der Waals surface area (Å²) in [6.45, 7) is 3.94. The van der Waals surface area contributed by atoms with Gasteiger partial charge < -0.3 is 4.90 Å². The maximum Gasteiger partial charge on any atom is 0.159 e. The molecule has 2 heteroatoms. The van der Waals surface area contributed by atoms with Crippen molar-refractivity contribution < 1.29 is 4.79 Å². The first-order valence-electron chi connectivity index (χ1n) is 5.96. The maximum absolute atomic E-state index is 11.3. The molecule has 1 saturated heterocycles. The Bertz CT molecular complexity index is 386. The van der Waals surface area contributed by atoms with Gasteiger partial charge in [0.25, 0.3) is 0 Å². The molecular weight excluding hydrogens is 198 g/mol. The van der Waals surface area contributed by atoms with Gasteiger partial charge in [-0.15, -0.1) is 0 Å². The first-order valence-corrected chi connectivity index (χ1v) is 5.96. The van der Waals surface area contributed by atoms with E-state index >= 15 is 0 Å². The summed E-state index contributed by atoms with van der Waals surface area (Å²) >= 11 is 0. The number of rotatable bonds is 2. The molecule has 1 aromatic rings. The number of hydrogen-bond acceptors (Lipinski definition) is 2. The number of Topliss-reactive ketones (excluding diaryl/α,β-unsaturated/α-hetero) is 1. The molecule has 0 amide bonds. The molecule has 0 aliphatic carbocycles. The molecule has 2 rings (SSSR count). The lowest BCUT2D eigenvalue weighted by Gasteiger charge is -2.30. The molecule has 0 saturated carbocycles. The number of ketones is 1. The highest BCUT2D eigenvalue weighted by Crippen LogP contribution is 2.26. The number of piperidine rings is 1. The summed E-state index contributed by atoms with van der Waals surface area (Å²) in [6.07, 6.45) is 2.50. The number of nitrogens with zero attached hydrogens (tertiary/aromatic N) is 1. The molecule has 1 aliphatic heterocycles. The minimum absolute atomic E-state index is 0.158. The Kier molecular flexibility index (Phi) is 3.39. The normalized spacial score (nSPS) is 22.0. The topological polar surface area (TPSA) is 20.3 Å². The Morgan fingerprint density at radius 3 is 2.94 bits per heavy atom. The van der Waals surface area contributed by atoms with Crippen LogP contribution in [0, 0.1) is 0 Å². The Labute approximate surface area is 97.3 Å². The fourth-order valence-electron chi connectivity index (χ4n) is 2.45. The lowest BCUT2D eigenvalue weighted by atomic mass is 9.89. The molecular formula is C14H19NO. The molecule has 1 unspecified atom stereocenters. The summed E-state index contributed by atoms with van der Waals surface area (Å²) in [7, 11) is 2.17. The first-order chi connectivity index (χ1) is 7.66. The van der Waals surface area contributed by atoms with Crippen molar-refractivity contribution in [1.82, 2.24) is 4.90 Å². The minimum atomic E-state index is 0.158. The zero-order valence-electron chi connectivity index (χ0n) is 10.1. The molecule has 0 N–H and O–H groups in total. The highest BCUT2D eigenvalue weighted by atomic mass is 16.1. The Balaban J connectivity index is 2.19. The molecule has 16 heavy (non-hydrogen) atoms. The van der Waals surface area contributed by atoms with Crippen molar-refractivity contribution in [2.75, 3.05) is 20.1 Å². The van der Waals surface area contributed by atoms with Crippen molar-refractivity contribution in [1.29, 1.82) is 0 Å². The second-order valence-corrected chi connectivity index (χ2v) is 4.78. The van der Waals surface area contributed by atoms with Crippen LogP contribution in [0.5, 0.6) is 0 Å². The van der Waals surface area contributed by atoms with Gasteiger partial charge in [0.2, 0.25) is 0 Å². The number of carbonyl (C=O) groups excluding carboxylic acids is 1. The van der Waals surface area contributed by atoms with E-state index in [-0.39, 0.29) is 5.78 Å². The van der Waals surface area contributed by atoms with Crippen molar-refractivity contribution in [2.45, 2.75) is 25.7 Å². The Morgan fingerprint density at radius 2 is 2.25 bits per heavy atom. The number of carbonyl (C=O) groups is 1. The van der Waals surface area contributed by atoms with E-state index in [0.29, 0.717) is 5.92 Å². The van der Waals surface area contributed by atoms with E-state index < -0.39 is 0 Å². The fourth-order valence-corrected chi connectivity index (χ4v) is 2.45. The van der Waals surface area contributed by atoms with Crippen LogP contribution in [0.1, 0.15) is 41.6 Å². The van der Waals surface area contributed by atoms with Gasteiger partial charge in [0, 0.05) is 12.1 Å². The van der Waals surface area contributed by atoms with Crippen LogP contribution < -0.4 is 0 Å². The van der Waals surface area contributed by atoms with E-state index in [4.69, 9.17) is 0 Å². The van der Waals surface area contributed by atoms with Crippen LogP contribution in [-0.4, -0.2) is 30.8 Å². The van der Waals surface area contributed by atoms with Gasteiger partial charge in [-0.25, -0.2) is 0 Å². The molecule has 1 fully saturated rings. The molecule has 0 bridgehead atoms. The first kappa shape index (κ1) is 11.3. The van der Waals surface area contributed by atoms with Gasteiger partial charge in [-0.3, -0.25) is 4.79 Å². The van der Waals surface area contributed by atoms with Crippen LogP contribution in [0.3, 0.4) is 0 Å². The average Bonchev–Trinajstić information content (AvgIpc) is 2.29. The van der Waals surface area contributed by atoms with Crippen molar-refractivity contribution >= 4 is 5.78 Å². The van der Waals surface area contributed by atoms with Crippen LogP contribution in [0.15, 0.2) is 24.3 Å². The van der Waals surface area contributed by atoms with Crippen molar-refractivity contribution in [3.8, 4) is 0 Å². The van der Waals surface area contributed by atoms with Crippen LogP contribution in [-0.2, 0) is 0 Å². The summed E-state index contributed by atoms with van der Waals surface area (Å²) in [5.74, 6) is 0.754. The SMILES string of the molecule is CC(=O)c1cccc(C2CCCN(C)C2)c1. The smallest absolute Gasteiger partial charge is 0.159 e. The number of likely N-dealkylation sites (tertiary alicyclic amines) is 1. The van der Waals surface area contributed by atoms with E-state index in [0.717, 1.165) is 12.1 Å². The van der Waals surface area contributed by atoms with E-state index in [1.165, 1.54) is 24.9 Å². The number of likely N-dealkylation sites (N-methyl/N-ethyl adjacent to an activating group) is 1. The largest absolute Gasteiger partial charge is 0.306 e. The van der Waals surface area contributed by atoms with Gasteiger partial charge in [-0.05, 0) is 50.9 Å². The third-order valence-electron chi connectivity index (χ3n) is 3.39. The zero-order chi connectivity index (χ0) is 11.5. The van der Waals surface area contributed by atoms with Gasteiger partial charge in [0.05, 0.1) is 0 Å². The van der Waals surface area contributed by atoms with Crippen LogP contribution in [0.2, 0.25) is 0 Å². The summed E-state index contributed by atoms with van der Waals surface area (Å²) < 4.78 is 0. The van der Waals surface area contributed by atoms with Crippen molar-refractivity contribution in [3.05, 3.63) is 35.4 Å². The van der Waals surface area contributed by atoms with E-state index in [2.05, 4.69) is 24.1 Å². The quantitative estimate of drug-likeness (QED) is 0.710. The average molecular weight is 217 g/mol. The lowest BCUT2D eigenvalue weighted by molar-refractivity contribution is 0.101. The third kappa shape index (κ3) is 2.50. The molecule has 0 aromatic heterocycles. The third-order valence-corrected chi connectivity index (χ3v) is 3.39. The highest BCUT2D eigenvalue weighted by molar-refractivity contribution is 5.94. The second kappa shape index (κ2) is 4.79. The zero-order valence-corrected chi connectivity index (χ0v) is 10.1. The van der Waals surface area contributed by atoms with Crippen LogP contribution in [0.25, 0.3) is 0 Å².